The van der Waals surface area contributed by atoms with Crippen LogP contribution in [0.4, 0.5) is 15.9 Å². The van der Waals surface area contributed by atoms with Gasteiger partial charge < -0.3 is 15.2 Å². The van der Waals surface area contributed by atoms with Gasteiger partial charge in [0.05, 0.1) is 16.9 Å². The number of hydrogen-bond donors (Lipinski definition) is 1. The number of piperidine rings is 1. The summed E-state index contributed by atoms with van der Waals surface area (Å²) in [6.07, 6.45) is 4.06. The van der Waals surface area contributed by atoms with E-state index in [4.69, 9.17) is 10.7 Å². The molecule has 3 aromatic heterocycles. The molecule has 2 atom stereocenters. The summed E-state index contributed by atoms with van der Waals surface area (Å²) >= 11 is 0. The third-order valence-corrected chi connectivity index (χ3v) is 6.13. The van der Waals surface area contributed by atoms with Gasteiger partial charge in [-0.05, 0) is 44.9 Å². The van der Waals surface area contributed by atoms with Crippen LogP contribution in [0.15, 0.2) is 36.5 Å². The normalized spacial score (nSPS) is 20.1. The summed E-state index contributed by atoms with van der Waals surface area (Å²) in [4.78, 5) is 7.22. The second-order valence-electron chi connectivity index (χ2n) is 8.21. The lowest BCUT2D eigenvalue weighted by molar-refractivity contribution is 0.426. The van der Waals surface area contributed by atoms with Gasteiger partial charge in [-0.2, -0.15) is 9.61 Å². The van der Waals surface area contributed by atoms with Gasteiger partial charge in [0.1, 0.15) is 11.6 Å². The van der Waals surface area contributed by atoms with Gasteiger partial charge >= 0.3 is 0 Å². The first-order valence-electron chi connectivity index (χ1n) is 10.0. The number of benzene rings is 1. The van der Waals surface area contributed by atoms with Crippen LogP contribution in [0.3, 0.4) is 0 Å². The van der Waals surface area contributed by atoms with E-state index < -0.39 is 0 Å². The Morgan fingerprint density at radius 2 is 2.03 bits per heavy atom. The van der Waals surface area contributed by atoms with E-state index in [1.165, 1.54) is 6.07 Å². The Morgan fingerprint density at radius 1 is 1.21 bits per heavy atom. The van der Waals surface area contributed by atoms with E-state index in [2.05, 4.69) is 27.7 Å². The molecular formula is C22H25FN6. The largest absolute Gasteiger partial charge is 0.384 e. The minimum Gasteiger partial charge on any atom is -0.384 e. The van der Waals surface area contributed by atoms with Gasteiger partial charge in [-0.3, -0.25) is 0 Å². The maximum atomic E-state index is 13.9. The second-order valence-corrected chi connectivity index (χ2v) is 8.21. The van der Waals surface area contributed by atoms with E-state index in [0.717, 1.165) is 53.0 Å². The lowest BCUT2D eigenvalue weighted by Gasteiger charge is -2.39. The summed E-state index contributed by atoms with van der Waals surface area (Å²) in [5.41, 5.74) is 11.1. The number of anilines is 2. The zero-order chi connectivity index (χ0) is 20.3. The van der Waals surface area contributed by atoms with E-state index >= 15 is 0 Å². The second kappa shape index (κ2) is 6.47. The quantitative estimate of drug-likeness (QED) is 0.560. The van der Waals surface area contributed by atoms with Crippen molar-refractivity contribution in [3.05, 3.63) is 53.7 Å². The summed E-state index contributed by atoms with van der Waals surface area (Å²) in [7, 11) is 2.01. The summed E-state index contributed by atoms with van der Waals surface area (Å²) in [5.74, 6) is 0.768. The van der Waals surface area contributed by atoms with Crippen molar-refractivity contribution in [2.24, 2.45) is 7.05 Å². The highest BCUT2D eigenvalue weighted by atomic mass is 19.1. The van der Waals surface area contributed by atoms with Crippen molar-refractivity contribution in [3.63, 3.8) is 0 Å². The average molecular weight is 392 g/mol. The molecule has 4 heterocycles. The van der Waals surface area contributed by atoms with Crippen LogP contribution < -0.4 is 10.6 Å². The molecule has 0 spiro atoms. The van der Waals surface area contributed by atoms with Crippen molar-refractivity contribution >= 4 is 28.1 Å². The maximum absolute atomic E-state index is 13.9. The summed E-state index contributed by atoms with van der Waals surface area (Å²) < 4.78 is 17.7. The minimum absolute atomic E-state index is 0.198. The third kappa shape index (κ3) is 2.92. The Kier molecular flexibility index (Phi) is 4.01. The van der Waals surface area contributed by atoms with Gasteiger partial charge in [0.25, 0.3) is 0 Å². The zero-order valence-corrected chi connectivity index (χ0v) is 16.9. The molecule has 0 amide bonds. The molecule has 1 saturated heterocycles. The van der Waals surface area contributed by atoms with Crippen LogP contribution in [0.5, 0.6) is 0 Å². The Balaban J connectivity index is 1.45. The van der Waals surface area contributed by atoms with E-state index in [1.54, 1.807) is 10.6 Å². The standard InChI is InChI=1S/C22H25FN6/c1-13-8-22-25-18(11-21(24)29(22)26-13)15-6-7-28(14(2)9-15)20-12-27(3)19-5-4-16(23)10-17(19)20/h4-5,8,10-12,14-15H,6-7,9,24H2,1-3H3. The molecule has 4 aromatic rings. The monoisotopic (exact) mass is 392 g/mol. The topological polar surface area (TPSA) is 64.4 Å². The molecule has 0 bridgehead atoms. The highest BCUT2D eigenvalue weighted by Gasteiger charge is 2.29. The molecule has 2 N–H and O–H groups in total. The van der Waals surface area contributed by atoms with Crippen LogP contribution in [-0.2, 0) is 7.05 Å². The summed E-state index contributed by atoms with van der Waals surface area (Å²) in [6.45, 7) is 5.07. The molecule has 29 heavy (non-hydrogen) atoms. The SMILES string of the molecule is Cc1cc2nc(C3CCN(c4cn(C)c5ccc(F)cc45)C(C)C3)cc(N)n2n1. The Bertz CT molecular complexity index is 1220. The molecule has 2 unspecified atom stereocenters. The highest BCUT2D eigenvalue weighted by molar-refractivity contribution is 5.93. The average Bonchev–Trinajstić information content (AvgIpc) is 3.21. The first-order chi connectivity index (χ1) is 13.9. The number of nitrogens with zero attached hydrogens (tertiary/aromatic N) is 5. The summed E-state index contributed by atoms with van der Waals surface area (Å²) in [6, 6.07) is 9.24. The van der Waals surface area contributed by atoms with Gasteiger partial charge in [0, 0.05) is 55.0 Å². The van der Waals surface area contributed by atoms with Gasteiger partial charge in [-0.15, -0.1) is 0 Å². The van der Waals surface area contributed by atoms with Crippen molar-refractivity contribution in [1.82, 2.24) is 19.2 Å². The first kappa shape index (κ1) is 18.0. The maximum Gasteiger partial charge on any atom is 0.157 e. The molecule has 1 aliphatic heterocycles. The number of fused-ring (bicyclic) bond motifs is 2. The number of nitrogen functional groups attached to an aromatic ring is 1. The minimum atomic E-state index is -0.198. The van der Waals surface area contributed by atoms with Gasteiger partial charge in [0.15, 0.2) is 5.65 Å². The van der Waals surface area contributed by atoms with E-state index in [1.807, 2.05) is 32.2 Å². The number of aromatic nitrogens is 4. The number of halogens is 1. The van der Waals surface area contributed by atoms with Gasteiger partial charge in [-0.25, -0.2) is 9.37 Å². The van der Waals surface area contributed by atoms with Gasteiger partial charge in [-0.1, -0.05) is 0 Å². The van der Waals surface area contributed by atoms with E-state index in [0.29, 0.717) is 17.8 Å². The van der Waals surface area contributed by atoms with Crippen LogP contribution in [0.2, 0.25) is 0 Å². The molecule has 1 aromatic carbocycles. The van der Waals surface area contributed by atoms with Crippen LogP contribution in [0.1, 0.15) is 37.1 Å². The lowest BCUT2D eigenvalue weighted by atomic mass is 9.88. The molecule has 5 rings (SSSR count). The molecule has 1 fully saturated rings. The fourth-order valence-corrected chi connectivity index (χ4v) is 4.71. The molecule has 7 heteroatoms. The van der Waals surface area contributed by atoms with E-state index in [-0.39, 0.29) is 5.82 Å². The number of hydrogen-bond acceptors (Lipinski definition) is 4. The Morgan fingerprint density at radius 3 is 2.83 bits per heavy atom. The number of aryl methyl sites for hydroxylation is 2. The smallest absolute Gasteiger partial charge is 0.157 e. The van der Waals surface area contributed by atoms with Gasteiger partial charge in [0.2, 0.25) is 0 Å². The molecule has 0 radical (unpaired) electrons. The Labute approximate surface area is 168 Å². The molecule has 6 nitrogen and oxygen atoms in total. The van der Waals surface area contributed by atoms with Crippen molar-refractivity contribution in [2.75, 3.05) is 17.2 Å². The molecule has 1 aliphatic rings. The van der Waals surface area contributed by atoms with E-state index in [9.17, 15) is 4.39 Å². The van der Waals surface area contributed by atoms with Crippen molar-refractivity contribution < 1.29 is 4.39 Å². The first-order valence-corrected chi connectivity index (χ1v) is 10.0. The molecule has 0 saturated carbocycles. The molecule has 0 aliphatic carbocycles. The molecule has 150 valence electrons. The fourth-order valence-electron chi connectivity index (χ4n) is 4.71. The van der Waals surface area contributed by atoms with Crippen molar-refractivity contribution in [2.45, 2.75) is 38.6 Å². The lowest BCUT2D eigenvalue weighted by Crippen LogP contribution is -2.40. The number of nitrogens with two attached hydrogens (primary N) is 1. The molecular weight excluding hydrogens is 367 g/mol. The fraction of sp³-hybridized carbons (Fsp3) is 0.364. The predicted molar refractivity (Wildman–Crippen MR) is 114 cm³/mol. The van der Waals surface area contributed by atoms with Crippen molar-refractivity contribution in [3.8, 4) is 0 Å². The van der Waals surface area contributed by atoms with Crippen LogP contribution in [0, 0.1) is 12.7 Å². The third-order valence-electron chi connectivity index (χ3n) is 6.13. The van der Waals surface area contributed by atoms with Crippen LogP contribution in [-0.4, -0.2) is 31.8 Å². The number of rotatable bonds is 2. The summed E-state index contributed by atoms with van der Waals surface area (Å²) in [5, 5.41) is 5.36. The van der Waals surface area contributed by atoms with Crippen LogP contribution in [0.25, 0.3) is 16.6 Å². The zero-order valence-electron chi connectivity index (χ0n) is 16.9. The van der Waals surface area contributed by atoms with Crippen LogP contribution >= 0.6 is 0 Å². The Hall–Kier alpha value is -3.09. The highest BCUT2D eigenvalue weighted by Crippen LogP contribution is 2.38. The van der Waals surface area contributed by atoms with Crippen molar-refractivity contribution in [1.29, 1.82) is 0 Å². The predicted octanol–water partition coefficient (Wildman–Crippen LogP) is 4.02.